The van der Waals surface area contributed by atoms with Crippen LogP contribution in [0.1, 0.15) is 48.3 Å². The van der Waals surface area contributed by atoms with E-state index in [0.717, 1.165) is 10.9 Å². The maximum Gasteiger partial charge on any atom is 0.342 e. The lowest BCUT2D eigenvalue weighted by Gasteiger charge is -2.36. The molecule has 2 aromatic heterocycles. The fourth-order valence-corrected chi connectivity index (χ4v) is 4.54. The summed E-state index contributed by atoms with van der Waals surface area (Å²) in [4.78, 5) is 19.3. The van der Waals surface area contributed by atoms with Crippen LogP contribution in [-0.4, -0.2) is 53.9 Å². The summed E-state index contributed by atoms with van der Waals surface area (Å²) >= 11 is 0. The molecule has 34 heavy (non-hydrogen) atoms. The molecular formula is C27H30N2O5. The summed E-state index contributed by atoms with van der Waals surface area (Å²) < 4.78 is 16.8. The van der Waals surface area contributed by atoms with E-state index in [9.17, 15) is 9.90 Å². The van der Waals surface area contributed by atoms with Crippen LogP contribution in [0, 0.1) is 0 Å². The molecule has 1 saturated heterocycles. The van der Waals surface area contributed by atoms with E-state index in [2.05, 4.69) is 9.88 Å². The van der Waals surface area contributed by atoms with Crippen molar-refractivity contribution in [2.24, 2.45) is 0 Å². The number of hydrogen-bond acceptors (Lipinski definition) is 7. The van der Waals surface area contributed by atoms with Gasteiger partial charge in [-0.05, 0) is 24.6 Å². The Kier molecular flexibility index (Phi) is 7.45. The third kappa shape index (κ3) is 4.24. The summed E-state index contributed by atoms with van der Waals surface area (Å²) in [5.74, 6) is -0.342. The first-order chi connectivity index (χ1) is 16.7. The number of furan rings is 1. The number of rotatable bonds is 5. The number of nitrogens with zero attached hydrogens (tertiary/aromatic N) is 2. The molecule has 1 atom stereocenters. The van der Waals surface area contributed by atoms with Gasteiger partial charge < -0.3 is 19.0 Å². The quantitative estimate of drug-likeness (QED) is 0.402. The zero-order chi connectivity index (χ0) is 24.1. The fourth-order valence-electron chi connectivity index (χ4n) is 4.54. The fraction of sp³-hybridized carbons (Fsp3) is 0.333. The van der Waals surface area contributed by atoms with Crippen molar-refractivity contribution in [2.75, 3.05) is 32.9 Å². The molecule has 0 amide bonds. The van der Waals surface area contributed by atoms with Crippen molar-refractivity contribution in [3.8, 4) is 5.75 Å². The van der Waals surface area contributed by atoms with Gasteiger partial charge in [0.1, 0.15) is 23.2 Å². The third-order valence-corrected chi connectivity index (χ3v) is 5.94. The van der Waals surface area contributed by atoms with E-state index in [0.29, 0.717) is 53.8 Å². The van der Waals surface area contributed by atoms with Crippen molar-refractivity contribution in [3.63, 3.8) is 0 Å². The van der Waals surface area contributed by atoms with Gasteiger partial charge in [-0.3, -0.25) is 9.88 Å². The normalized spacial score (nSPS) is 15.0. The van der Waals surface area contributed by atoms with Gasteiger partial charge in [-0.1, -0.05) is 38.1 Å². The number of aromatic nitrogens is 1. The second-order valence-corrected chi connectivity index (χ2v) is 7.71. The Labute approximate surface area is 198 Å². The molecule has 7 heteroatoms. The van der Waals surface area contributed by atoms with Crippen LogP contribution in [0.15, 0.2) is 59.5 Å². The zero-order valence-electron chi connectivity index (χ0n) is 19.8. The zero-order valence-corrected chi connectivity index (χ0v) is 19.8. The Morgan fingerprint density at radius 3 is 2.47 bits per heavy atom. The lowest BCUT2D eigenvalue weighted by Crippen LogP contribution is -2.39. The van der Waals surface area contributed by atoms with Crippen molar-refractivity contribution < 1.29 is 23.8 Å². The number of aromatic hydroxyl groups is 1. The molecule has 1 unspecified atom stereocenters. The molecule has 178 valence electrons. The molecule has 0 spiro atoms. The summed E-state index contributed by atoms with van der Waals surface area (Å²) in [6, 6.07) is 11.1. The number of carbonyl (C=O) groups is 1. The number of ether oxygens (including phenoxy) is 2. The minimum absolute atomic E-state index is 0.133. The van der Waals surface area contributed by atoms with Gasteiger partial charge in [0.25, 0.3) is 0 Å². The van der Waals surface area contributed by atoms with Gasteiger partial charge in [0.15, 0.2) is 0 Å². The average molecular weight is 463 g/mol. The number of carbonyl (C=O) groups excluding carboxylic acids is 1. The van der Waals surface area contributed by atoms with Crippen molar-refractivity contribution >= 4 is 27.7 Å². The van der Waals surface area contributed by atoms with Crippen molar-refractivity contribution in [1.29, 1.82) is 0 Å². The number of phenols is 1. The molecule has 1 aliphatic rings. The summed E-state index contributed by atoms with van der Waals surface area (Å²) in [6.45, 7) is 8.57. The van der Waals surface area contributed by atoms with Crippen LogP contribution in [0.4, 0.5) is 0 Å². The van der Waals surface area contributed by atoms with Crippen molar-refractivity contribution in [2.45, 2.75) is 26.8 Å². The van der Waals surface area contributed by atoms with Crippen LogP contribution < -0.4 is 0 Å². The molecule has 4 aromatic rings. The second kappa shape index (κ2) is 10.7. The summed E-state index contributed by atoms with van der Waals surface area (Å²) in [5, 5.41) is 13.6. The Bertz CT molecular complexity index is 1260. The number of esters is 1. The van der Waals surface area contributed by atoms with E-state index in [1.54, 1.807) is 19.3 Å². The van der Waals surface area contributed by atoms with E-state index < -0.39 is 5.97 Å². The molecule has 3 heterocycles. The monoisotopic (exact) mass is 462 g/mol. The predicted molar refractivity (Wildman–Crippen MR) is 131 cm³/mol. The molecule has 0 bridgehead atoms. The maximum absolute atomic E-state index is 12.8. The molecule has 1 aliphatic heterocycles. The Morgan fingerprint density at radius 1 is 1.12 bits per heavy atom. The first-order valence-electron chi connectivity index (χ1n) is 11.7. The molecular weight excluding hydrogens is 432 g/mol. The first kappa shape index (κ1) is 23.7. The van der Waals surface area contributed by atoms with Gasteiger partial charge >= 0.3 is 5.97 Å². The highest BCUT2D eigenvalue weighted by molar-refractivity contribution is 6.16. The maximum atomic E-state index is 12.8. The topological polar surface area (TPSA) is 85.0 Å². The van der Waals surface area contributed by atoms with Gasteiger partial charge in [0.2, 0.25) is 0 Å². The van der Waals surface area contributed by atoms with Crippen LogP contribution >= 0.6 is 0 Å². The number of fused-ring (bicyclic) bond motifs is 3. The molecule has 0 saturated carbocycles. The summed E-state index contributed by atoms with van der Waals surface area (Å²) in [6.07, 6.45) is 4.90. The first-order valence-corrected chi connectivity index (χ1v) is 11.7. The van der Waals surface area contributed by atoms with Gasteiger partial charge in [-0.2, -0.15) is 0 Å². The molecule has 0 radical (unpaired) electrons. The van der Waals surface area contributed by atoms with E-state index in [-0.39, 0.29) is 18.4 Å². The van der Waals surface area contributed by atoms with Gasteiger partial charge in [0.05, 0.1) is 25.9 Å². The molecule has 7 nitrogen and oxygen atoms in total. The van der Waals surface area contributed by atoms with Crippen molar-refractivity contribution in [3.05, 3.63) is 71.7 Å². The van der Waals surface area contributed by atoms with E-state index >= 15 is 0 Å². The number of hydrogen-bond donors (Lipinski definition) is 1. The molecule has 0 aliphatic carbocycles. The largest absolute Gasteiger partial charge is 0.507 e. The van der Waals surface area contributed by atoms with Gasteiger partial charge in [-0.25, -0.2) is 4.79 Å². The van der Waals surface area contributed by atoms with Crippen LogP contribution in [-0.2, 0) is 9.47 Å². The van der Waals surface area contributed by atoms with Crippen LogP contribution in [0.25, 0.3) is 21.7 Å². The Hall–Kier alpha value is -3.42. The van der Waals surface area contributed by atoms with Crippen LogP contribution in [0.2, 0.25) is 0 Å². The van der Waals surface area contributed by atoms with E-state index in [4.69, 9.17) is 13.9 Å². The average Bonchev–Trinajstić information content (AvgIpc) is 3.34. The summed E-state index contributed by atoms with van der Waals surface area (Å²) in [5.41, 5.74) is 2.46. The lowest BCUT2D eigenvalue weighted by atomic mass is 9.89. The second-order valence-electron chi connectivity index (χ2n) is 7.71. The summed E-state index contributed by atoms with van der Waals surface area (Å²) in [7, 11) is 0. The highest BCUT2D eigenvalue weighted by atomic mass is 16.5. The van der Waals surface area contributed by atoms with Crippen LogP contribution in [0.3, 0.4) is 0 Å². The molecule has 2 aromatic carbocycles. The lowest BCUT2D eigenvalue weighted by molar-refractivity contribution is 0.0238. The van der Waals surface area contributed by atoms with Gasteiger partial charge in [0, 0.05) is 47.2 Å². The molecule has 1 N–H and O–H groups in total. The number of morpholine rings is 1. The SMILES string of the molecule is CC.CCOC(=O)c1coc2c1c(C(c1ccncc1)N1CCOCC1)c(O)c1ccccc12. The van der Waals surface area contributed by atoms with E-state index in [1.807, 2.05) is 50.2 Å². The highest BCUT2D eigenvalue weighted by Crippen LogP contribution is 2.46. The third-order valence-electron chi connectivity index (χ3n) is 5.94. The van der Waals surface area contributed by atoms with E-state index in [1.165, 1.54) is 6.26 Å². The minimum Gasteiger partial charge on any atom is -0.507 e. The van der Waals surface area contributed by atoms with Crippen LogP contribution in [0.5, 0.6) is 5.75 Å². The van der Waals surface area contributed by atoms with Gasteiger partial charge in [-0.15, -0.1) is 0 Å². The number of phenolic OH excluding ortho intramolecular Hbond substituents is 1. The molecule has 1 fully saturated rings. The highest BCUT2D eigenvalue weighted by Gasteiger charge is 2.33. The predicted octanol–water partition coefficient (Wildman–Crippen LogP) is 5.31. The number of pyridine rings is 1. The Balaban J connectivity index is 0.00000133. The van der Waals surface area contributed by atoms with Crippen molar-refractivity contribution in [1.82, 2.24) is 9.88 Å². The minimum atomic E-state index is -0.474. The Morgan fingerprint density at radius 2 is 1.79 bits per heavy atom. The number of benzene rings is 2. The standard InChI is InChI=1S/C25H24N2O5.C2H6/c1-2-31-25(29)19-15-32-24-18-6-4-3-5-17(18)23(28)21(20(19)24)22(16-7-9-26-10-8-16)27-11-13-30-14-12-27;1-2/h3-10,15,22,28H,2,11-14H2,1H3;1-2H3. The smallest absolute Gasteiger partial charge is 0.342 e. The molecule has 5 rings (SSSR count).